The average Bonchev–Trinajstić information content (AvgIpc) is 2.88. The average molecular weight is 290 g/mol. The molecule has 0 bridgehead atoms. The van der Waals surface area contributed by atoms with Gasteiger partial charge in [0.25, 0.3) is 0 Å². The van der Waals surface area contributed by atoms with E-state index in [2.05, 4.69) is 62.4 Å². The molecule has 0 aliphatic heterocycles. The Morgan fingerprint density at radius 1 is 0.682 bits per heavy atom. The van der Waals surface area contributed by atoms with E-state index >= 15 is 0 Å². The molecule has 114 valence electrons. The van der Waals surface area contributed by atoms with Crippen molar-refractivity contribution in [3.63, 3.8) is 0 Å². The Kier molecular flexibility index (Phi) is 3.18. The van der Waals surface area contributed by atoms with Crippen molar-refractivity contribution in [2.75, 3.05) is 0 Å². The highest BCUT2D eigenvalue weighted by Gasteiger charge is 2.47. The molecule has 1 fully saturated rings. The Balaban J connectivity index is 1.83. The van der Waals surface area contributed by atoms with Crippen molar-refractivity contribution in [3.8, 4) is 11.1 Å². The third kappa shape index (κ3) is 1.76. The molecule has 2 aliphatic carbocycles. The topological polar surface area (TPSA) is 0 Å². The second-order valence-electron chi connectivity index (χ2n) is 7.38. The number of fused-ring (bicyclic) bond motifs is 5. The lowest BCUT2D eigenvalue weighted by molar-refractivity contribution is 0.133. The van der Waals surface area contributed by atoms with Crippen LogP contribution in [0.1, 0.15) is 63.5 Å². The van der Waals surface area contributed by atoms with Crippen molar-refractivity contribution in [1.82, 2.24) is 0 Å². The van der Waals surface area contributed by atoms with E-state index in [9.17, 15) is 0 Å². The molecule has 2 aliphatic rings. The smallest absolute Gasteiger partial charge is 0.0215 e. The highest BCUT2D eigenvalue weighted by Crippen LogP contribution is 2.59. The summed E-state index contributed by atoms with van der Waals surface area (Å²) < 4.78 is 0. The second-order valence-corrected chi connectivity index (χ2v) is 7.38. The summed E-state index contributed by atoms with van der Waals surface area (Å²) in [6.07, 6.45) is 8.07. The molecule has 4 rings (SSSR count). The van der Waals surface area contributed by atoms with Crippen LogP contribution in [0.4, 0.5) is 0 Å². The zero-order valence-electron chi connectivity index (χ0n) is 13.9. The molecule has 0 N–H and O–H groups in total. The highest BCUT2D eigenvalue weighted by molar-refractivity contribution is 5.81. The molecular formula is C22H26. The van der Waals surface area contributed by atoms with Gasteiger partial charge in [-0.05, 0) is 53.4 Å². The van der Waals surface area contributed by atoms with Crippen LogP contribution in [0, 0.1) is 5.41 Å². The van der Waals surface area contributed by atoms with Crippen LogP contribution in [0.2, 0.25) is 0 Å². The van der Waals surface area contributed by atoms with Crippen molar-refractivity contribution < 1.29 is 0 Å². The fourth-order valence-electron chi connectivity index (χ4n) is 5.12. The summed E-state index contributed by atoms with van der Waals surface area (Å²) in [5.41, 5.74) is 7.05. The summed E-state index contributed by atoms with van der Waals surface area (Å²) in [6.45, 7) is 4.77. The lowest BCUT2D eigenvalue weighted by atomic mass is 9.58. The first-order valence-corrected chi connectivity index (χ1v) is 8.94. The third-order valence-electron chi connectivity index (χ3n) is 6.84. The molecule has 0 heteroatoms. The maximum Gasteiger partial charge on any atom is 0.0215 e. The van der Waals surface area contributed by atoms with E-state index in [1.165, 1.54) is 49.7 Å². The molecule has 1 saturated carbocycles. The first-order chi connectivity index (χ1) is 10.7. The number of rotatable bonds is 2. The van der Waals surface area contributed by atoms with Gasteiger partial charge in [0.2, 0.25) is 0 Å². The van der Waals surface area contributed by atoms with Gasteiger partial charge in [-0.1, -0.05) is 75.2 Å². The van der Waals surface area contributed by atoms with Gasteiger partial charge in [0.05, 0.1) is 0 Å². The summed E-state index contributed by atoms with van der Waals surface area (Å²) in [4.78, 5) is 0. The molecule has 0 radical (unpaired) electrons. The van der Waals surface area contributed by atoms with Crippen LogP contribution in [0.3, 0.4) is 0 Å². The Morgan fingerprint density at radius 2 is 1.14 bits per heavy atom. The van der Waals surface area contributed by atoms with Gasteiger partial charge in [0, 0.05) is 5.41 Å². The summed E-state index contributed by atoms with van der Waals surface area (Å²) in [5.74, 6) is 0. The fraction of sp³-hybridized carbons (Fsp3) is 0.455. The third-order valence-corrected chi connectivity index (χ3v) is 6.84. The van der Waals surface area contributed by atoms with E-state index < -0.39 is 0 Å². The minimum absolute atomic E-state index is 0.293. The summed E-state index contributed by atoms with van der Waals surface area (Å²) in [5, 5.41) is 0. The zero-order chi connectivity index (χ0) is 15.2. The molecule has 0 atom stereocenters. The summed E-state index contributed by atoms with van der Waals surface area (Å²) in [7, 11) is 0. The summed E-state index contributed by atoms with van der Waals surface area (Å²) >= 11 is 0. The Labute approximate surface area is 134 Å². The highest BCUT2D eigenvalue weighted by atomic mass is 14.5. The van der Waals surface area contributed by atoms with Crippen LogP contribution in [-0.2, 0) is 5.41 Å². The van der Waals surface area contributed by atoms with Crippen LogP contribution < -0.4 is 0 Å². The normalized spacial score (nSPS) is 20.6. The van der Waals surface area contributed by atoms with Gasteiger partial charge in [-0.3, -0.25) is 0 Å². The largest absolute Gasteiger partial charge is 0.0649 e. The Hall–Kier alpha value is -1.56. The van der Waals surface area contributed by atoms with Crippen molar-refractivity contribution in [2.24, 2.45) is 5.41 Å². The molecule has 0 unspecified atom stereocenters. The molecule has 0 amide bonds. The number of benzene rings is 2. The van der Waals surface area contributed by atoms with Crippen molar-refractivity contribution in [2.45, 2.75) is 57.8 Å². The maximum atomic E-state index is 2.39. The SMILES string of the molecule is CCC1(CC)CCC2(CC1)c1ccccc1-c1ccccc12. The molecule has 2 aromatic carbocycles. The van der Waals surface area contributed by atoms with Gasteiger partial charge in [0.1, 0.15) is 0 Å². The van der Waals surface area contributed by atoms with E-state index in [0.717, 1.165) is 0 Å². The van der Waals surface area contributed by atoms with Crippen LogP contribution in [0.15, 0.2) is 48.5 Å². The molecule has 22 heavy (non-hydrogen) atoms. The van der Waals surface area contributed by atoms with E-state index in [4.69, 9.17) is 0 Å². The quantitative estimate of drug-likeness (QED) is 0.606. The second kappa shape index (κ2) is 4.98. The minimum atomic E-state index is 0.293. The predicted octanol–water partition coefficient (Wildman–Crippen LogP) is 6.33. The first kappa shape index (κ1) is 14.1. The van der Waals surface area contributed by atoms with Crippen molar-refractivity contribution in [1.29, 1.82) is 0 Å². The van der Waals surface area contributed by atoms with Crippen LogP contribution in [-0.4, -0.2) is 0 Å². The molecule has 0 aromatic heterocycles. The lowest BCUT2D eigenvalue weighted by Crippen LogP contribution is -2.36. The Bertz CT molecular complexity index is 633. The molecular weight excluding hydrogens is 264 g/mol. The number of hydrogen-bond acceptors (Lipinski definition) is 0. The lowest BCUT2D eigenvalue weighted by Gasteiger charge is -2.45. The Morgan fingerprint density at radius 3 is 1.59 bits per heavy atom. The van der Waals surface area contributed by atoms with Crippen molar-refractivity contribution >= 4 is 0 Å². The van der Waals surface area contributed by atoms with Gasteiger partial charge in [-0.2, -0.15) is 0 Å². The van der Waals surface area contributed by atoms with Crippen LogP contribution in [0.5, 0.6) is 0 Å². The molecule has 0 saturated heterocycles. The van der Waals surface area contributed by atoms with Gasteiger partial charge < -0.3 is 0 Å². The van der Waals surface area contributed by atoms with Crippen molar-refractivity contribution in [3.05, 3.63) is 59.7 Å². The number of hydrogen-bond donors (Lipinski definition) is 0. The first-order valence-electron chi connectivity index (χ1n) is 8.94. The van der Waals surface area contributed by atoms with E-state index in [0.29, 0.717) is 10.8 Å². The van der Waals surface area contributed by atoms with E-state index in [-0.39, 0.29) is 0 Å². The van der Waals surface area contributed by atoms with Crippen LogP contribution in [0.25, 0.3) is 11.1 Å². The molecule has 0 nitrogen and oxygen atoms in total. The molecule has 2 aromatic rings. The standard InChI is InChI=1S/C22H26/c1-3-21(4-2)13-15-22(16-14-21)19-11-7-5-9-17(19)18-10-6-8-12-20(18)22/h5-12H,3-4,13-16H2,1-2H3. The molecule has 1 spiro atoms. The van der Waals surface area contributed by atoms with Gasteiger partial charge >= 0.3 is 0 Å². The maximum absolute atomic E-state index is 2.39. The van der Waals surface area contributed by atoms with Gasteiger partial charge in [-0.15, -0.1) is 0 Å². The fourth-order valence-corrected chi connectivity index (χ4v) is 5.12. The monoisotopic (exact) mass is 290 g/mol. The van der Waals surface area contributed by atoms with E-state index in [1.807, 2.05) is 0 Å². The van der Waals surface area contributed by atoms with Gasteiger partial charge in [0.15, 0.2) is 0 Å². The van der Waals surface area contributed by atoms with E-state index in [1.54, 1.807) is 11.1 Å². The zero-order valence-corrected chi connectivity index (χ0v) is 13.9. The summed E-state index contributed by atoms with van der Waals surface area (Å²) in [6, 6.07) is 18.3. The van der Waals surface area contributed by atoms with Gasteiger partial charge in [-0.25, -0.2) is 0 Å². The minimum Gasteiger partial charge on any atom is -0.0649 e. The molecule has 0 heterocycles. The predicted molar refractivity (Wildman–Crippen MR) is 94.1 cm³/mol. The van der Waals surface area contributed by atoms with Crippen LogP contribution >= 0.6 is 0 Å².